The Labute approximate surface area is 75.6 Å². The van der Waals surface area contributed by atoms with E-state index in [2.05, 4.69) is 0 Å². The molecule has 0 heterocycles. The van der Waals surface area contributed by atoms with Crippen molar-refractivity contribution >= 4 is 0 Å². The van der Waals surface area contributed by atoms with Gasteiger partial charge in [-0.25, -0.2) is 8.78 Å². The number of benzene rings is 1. The summed E-state index contributed by atoms with van der Waals surface area (Å²) < 4.78 is 25.5. The maximum absolute atomic E-state index is 12.7. The van der Waals surface area contributed by atoms with Crippen LogP contribution in [0.1, 0.15) is 18.4 Å². The molecule has 1 fully saturated rings. The highest BCUT2D eigenvalue weighted by Gasteiger charge is 2.38. The topological polar surface area (TPSA) is 26.0 Å². The van der Waals surface area contributed by atoms with Gasteiger partial charge in [0, 0.05) is 11.6 Å². The fourth-order valence-corrected chi connectivity index (χ4v) is 1.46. The molecule has 1 aliphatic carbocycles. The Morgan fingerprint density at radius 1 is 1.15 bits per heavy atom. The second kappa shape index (κ2) is 2.77. The minimum absolute atomic E-state index is 0.194. The molecule has 1 nitrogen and oxygen atoms in total. The number of hydrogen-bond donors (Lipinski definition) is 1. The summed E-state index contributed by atoms with van der Waals surface area (Å²) in [5, 5.41) is 0. The summed E-state index contributed by atoms with van der Waals surface area (Å²) in [5.74, 6) is -1.06. The Kier molecular flexibility index (Phi) is 1.84. The highest BCUT2D eigenvalue weighted by atomic mass is 19.1. The fraction of sp³-hybridized carbons (Fsp3) is 0.400. The van der Waals surface area contributed by atoms with E-state index in [4.69, 9.17) is 5.73 Å². The van der Waals surface area contributed by atoms with Gasteiger partial charge in [-0.15, -0.1) is 0 Å². The van der Waals surface area contributed by atoms with Crippen molar-refractivity contribution in [3.63, 3.8) is 0 Å². The van der Waals surface area contributed by atoms with E-state index in [1.54, 1.807) is 0 Å². The third-order valence-corrected chi connectivity index (χ3v) is 2.37. The number of rotatable bonds is 2. The molecule has 0 unspecified atom stereocenters. The first-order valence-corrected chi connectivity index (χ1v) is 4.31. The van der Waals surface area contributed by atoms with Crippen LogP contribution < -0.4 is 5.73 Å². The van der Waals surface area contributed by atoms with Crippen LogP contribution in [-0.2, 0) is 6.42 Å². The summed E-state index contributed by atoms with van der Waals surface area (Å²) in [7, 11) is 0. The van der Waals surface area contributed by atoms with Crippen LogP contribution >= 0.6 is 0 Å². The van der Waals surface area contributed by atoms with E-state index >= 15 is 0 Å². The lowest BCUT2D eigenvalue weighted by Gasteiger charge is -2.08. The van der Waals surface area contributed by atoms with Crippen LogP contribution in [0.2, 0.25) is 0 Å². The molecule has 2 N–H and O–H groups in total. The minimum atomic E-state index is -0.528. The van der Waals surface area contributed by atoms with Gasteiger partial charge >= 0.3 is 0 Å². The summed E-state index contributed by atoms with van der Waals surface area (Å²) in [6, 6.07) is 3.56. The smallest absolute Gasteiger partial charge is 0.126 e. The number of halogens is 2. The predicted octanol–water partition coefficient (Wildman–Crippen LogP) is 2.00. The van der Waals surface area contributed by atoms with E-state index in [0.717, 1.165) is 18.9 Å². The normalized spacial score (nSPS) is 18.7. The van der Waals surface area contributed by atoms with Gasteiger partial charge in [-0.2, -0.15) is 0 Å². The standard InChI is InChI=1S/C10H11F2N/c11-8-3-7(4-9(12)5-8)6-10(13)1-2-10/h3-5H,1-2,6,13H2. The average molecular weight is 183 g/mol. The average Bonchev–Trinajstić information content (AvgIpc) is 2.64. The summed E-state index contributed by atoms with van der Waals surface area (Å²) >= 11 is 0. The third-order valence-electron chi connectivity index (χ3n) is 2.37. The Balaban J connectivity index is 2.20. The second-order valence-electron chi connectivity index (χ2n) is 3.82. The van der Waals surface area contributed by atoms with Gasteiger partial charge in [-0.3, -0.25) is 0 Å². The van der Waals surface area contributed by atoms with Crippen LogP contribution in [0.5, 0.6) is 0 Å². The lowest BCUT2D eigenvalue weighted by molar-refractivity contribution is 0.574. The van der Waals surface area contributed by atoms with Crippen molar-refractivity contribution in [1.82, 2.24) is 0 Å². The minimum Gasteiger partial charge on any atom is -0.325 e. The molecule has 1 aromatic carbocycles. The van der Waals surface area contributed by atoms with Crippen molar-refractivity contribution in [1.29, 1.82) is 0 Å². The molecule has 0 atom stereocenters. The maximum atomic E-state index is 12.7. The van der Waals surface area contributed by atoms with Gasteiger partial charge in [0.1, 0.15) is 11.6 Å². The molecule has 1 saturated carbocycles. The number of hydrogen-bond acceptors (Lipinski definition) is 1. The third kappa shape index (κ3) is 2.04. The van der Waals surface area contributed by atoms with Gasteiger partial charge in [0.25, 0.3) is 0 Å². The van der Waals surface area contributed by atoms with Crippen LogP contribution in [0, 0.1) is 11.6 Å². The second-order valence-corrected chi connectivity index (χ2v) is 3.82. The molecule has 3 heteroatoms. The Hall–Kier alpha value is -0.960. The fourth-order valence-electron chi connectivity index (χ4n) is 1.46. The van der Waals surface area contributed by atoms with Gasteiger partial charge in [-0.1, -0.05) is 0 Å². The molecule has 0 radical (unpaired) electrons. The zero-order valence-electron chi connectivity index (χ0n) is 7.19. The van der Waals surface area contributed by atoms with Crippen molar-refractivity contribution < 1.29 is 8.78 Å². The summed E-state index contributed by atoms with van der Waals surface area (Å²) in [6.07, 6.45) is 2.47. The van der Waals surface area contributed by atoms with E-state index in [1.807, 2.05) is 0 Å². The summed E-state index contributed by atoms with van der Waals surface area (Å²) in [6.45, 7) is 0. The molecular weight excluding hydrogens is 172 g/mol. The largest absolute Gasteiger partial charge is 0.325 e. The summed E-state index contributed by atoms with van der Waals surface area (Å²) in [5.41, 5.74) is 6.29. The zero-order valence-corrected chi connectivity index (χ0v) is 7.19. The molecule has 70 valence electrons. The first kappa shape index (κ1) is 8.63. The van der Waals surface area contributed by atoms with E-state index in [9.17, 15) is 8.78 Å². The van der Waals surface area contributed by atoms with Crippen molar-refractivity contribution in [2.45, 2.75) is 24.8 Å². The van der Waals surface area contributed by atoms with Crippen LogP contribution in [0.3, 0.4) is 0 Å². The molecule has 0 aromatic heterocycles. The van der Waals surface area contributed by atoms with E-state index in [1.165, 1.54) is 12.1 Å². The summed E-state index contributed by atoms with van der Waals surface area (Å²) in [4.78, 5) is 0. The highest BCUT2D eigenvalue weighted by molar-refractivity contribution is 5.22. The molecule has 1 aliphatic rings. The van der Waals surface area contributed by atoms with E-state index < -0.39 is 11.6 Å². The molecule has 0 saturated heterocycles. The van der Waals surface area contributed by atoms with Gasteiger partial charge in [-0.05, 0) is 37.0 Å². The zero-order chi connectivity index (χ0) is 9.47. The van der Waals surface area contributed by atoms with Crippen LogP contribution in [0.15, 0.2) is 18.2 Å². The number of nitrogens with two attached hydrogens (primary N) is 1. The van der Waals surface area contributed by atoms with Crippen molar-refractivity contribution in [2.75, 3.05) is 0 Å². The first-order chi connectivity index (χ1) is 6.07. The van der Waals surface area contributed by atoms with Crippen LogP contribution in [-0.4, -0.2) is 5.54 Å². The molecule has 1 aromatic rings. The lowest BCUT2D eigenvalue weighted by Crippen LogP contribution is -2.24. The predicted molar refractivity (Wildman–Crippen MR) is 46.2 cm³/mol. The van der Waals surface area contributed by atoms with Gasteiger partial charge in [0.2, 0.25) is 0 Å². The molecule has 0 aliphatic heterocycles. The van der Waals surface area contributed by atoms with Gasteiger partial charge < -0.3 is 5.73 Å². The molecule has 0 bridgehead atoms. The van der Waals surface area contributed by atoms with E-state index in [0.29, 0.717) is 12.0 Å². The van der Waals surface area contributed by atoms with Crippen molar-refractivity contribution in [2.24, 2.45) is 5.73 Å². The van der Waals surface area contributed by atoms with Crippen LogP contribution in [0.25, 0.3) is 0 Å². The van der Waals surface area contributed by atoms with Gasteiger partial charge in [0.05, 0.1) is 0 Å². The van der Waals surface area contributed by atoms with Crippen molar-refractivity contribution in [3.05, 3.63) is 35.4 Å². The molecule has 2 rings (SSSR count). The SMILES string of the molecule is NC1(Cc2cc(F)cc(F)c2)CC1. The molecular formula is C10H11F2N. The van der Waals surface area contributed by atoms with E-state index in [-0.39, 0.29) is 5.54 Å². The Bertz CT molecular complexity index is 311. The monoisotopic (exact) mass is 183 g/mol. The molecule has 13 heavy (non-hydrogen) atoms. The Morgan fingerprint density at radius 3 is 2.15 bits per heavy atom. The van der Waals surface area contributed by atoms with Crippen molar-refractivity contribution in [3.8, 4) is 0 Å². The quantitative estimate of drug-likeness (QED) is 0.745. The highest BCUT2D eigenvalue weighted by Crippen LogP contribution is 2.35. The van der Waals surface area contributed by atoms with Gasteiger partial charge in [0.15, 0.2) is 0 Å². The first-order valence-electron chi connectivity index (χ1n) is 4.31. The lowest BCUT2D eigenvalue weighted by atomic mass is 10.1. The van der Waals surface area contributed by atoms with Crippen LogP contribution in [0.4, 0.5) is 8.78 Å². The molecule has 0 spiro atoms. The maximum Gasteiger partial charge on any atom is 0.126 e. The Morgan fingerprint density at radius 2 is 1.69 bits per heavy atom. The molecule has 0 amide bonds.